The molecule has 0 spiro atoms. The maximum absolute atomic E-state index is 12.2. The fourth-order valence-corrected chi connectivity index (χ4v) is 3.59. The Balaban J connectivity index is 1.51. The number of nitrogens with zero attached hydrogens (tertiary/aromatic N) is 5. The van der Waals surface area contributed by atoms with E-state index in [0.29, 0.717) is 10.9 Å². The van der Waals surface area contributed by atoms with Gasteiger partial charge < -0.3 is 0 Å². The number of aryl methyl sites for hydroxylation is 1. The standard InChI is InChI=1S/C23H20N6OS/c1-17-10-12-18(13-11-17)22-27-28-23(29(22)20-8-3-2-4-9-20)31-16-21(30)26-25-15-19-7-5-6-14-24-19/h2-15H,16H2,1H3,(H,26,30)/b25-15+. The molecule has 8 heteroatoms. The van der Waals surface area contributed by atoms with Crippen LogP contribution >= 0.6 is 11.8 Å². The van der Waals surface area contributed by atoms with Gasteiger partial charge in [0.05, 0.1) is 17.7 Å². The zero-order valence-electron chi connectivity index (χ0n) is 16.8. The molecule has 0 aliphatic heterocycles. The van der Waals surface area contributed by atoms with E-state index in [1.54, 1.807) is 12.3 Å². The first-order valence-electron chi connectivity index (χ1n) is 9.64. The predicted octanol–water partition coefficient (Wildman–Crippen LogP) is 3.88. The second-order valence-electron chi connectivity index (χ2n) is 6.68. The fraction of sp³-hybridized carbons (Fsp3) is 0.0870. The molecule has 0 aliphatic rings. The lowest BCUT2D eigenvalue weighted by atomic mass is 10.1. The average molecular weight is 429 g/mol. The third-order valence-corrected chi connectivity index (χ3v) is 5.29. The van der Waals surface area contributed by atoms with Crippen molar-refractivity contribution in [1.29, 1.82) is 0 Å². The van der Waals surface area contributed by atoms with Crippen LogP contribution in [0.3, 0.4) is 0 Å². The quantitative estimate of drug-likeness (QED) is 0.274. The summed E-state index contributed by atoms with van der Waals surface area (Å²) in [6, 6.07) is 23.5. The number of benzene rings is 2. The SMILES string of the molecule is Cc1ccc(-c2nnc(SCC(=O)N/N=C/c3ccccn3)n2-c2ccccc2)cc1. The van der Waals surface area contributed by atoms with Crippen molar-refractivity contribution in [2.45, 2.75) is 12.1 Å². The van der Waals surface area contributed by atoms with Gasteiger partial charge in [-0.1, -0.05) is 65.9 Å². The summed E-state index contributed by atoms with van der Waals surface area (Å²) in [5, 5.41) is 13.3. The van der Waals surface area contributed by atoms with Crippen LogP contribution < -0.4 is 5.43 Å². The molecule has 7 nitrogen and oxygen atoms in total. The highest BCUT2D eigenvalue weighted by molar-refractivity contribution is 7.99. The number of hydrazone groups is 1. The van der Waals surface area contributed by atoms with E-state index < -0.39 is 0 Å². The molecule has 2 aromatic heterocycles. The molecule has 1 N–H and O–H groups in total. The molecule has 4 rings (SSSR count). The summed E-state index contributed by atoms with van der Waals surface area (Å²) in [6.45, 7) is 2.04. The summed E-state index contributed by atoms with van der Waals surface area (Å²) < 4.78 is 1.96. The molecule has 2 aromatic carbocycles. The van der Waals surface area contributed by atoms with E-state index in [2.05, 4.69) is 25.7 Å². The predicted molar refractivity (Wildman–Crippen MR) is 122 cm³/mol. The summed E-state index contributed by atoms with van der Waals surface area (Å²) in [4.78, 5) is 16.4. The molecule has 0 unspecified atom stereocenters. The van der Waals surface area contributed by atoms with Crippen LogP contribution in [0.25, 0.3) is 17.1 Å². The van der Waals surface area contributed by atoms with E-state index in [1.165, 1.54) is 23.5 Å². The molecule has 0 atom stereocenters. The Morgan fingerprint density at radius 1 is 1.03 bits per heavy atom. The van der Waals surface area contributed by atoms with E-state index in [1.807, 2.05) is 78.2 Å². The highest BCUT2D eigenvalue weighted by atomic mass is 32.2. The highest BCUT2D eigenvalue weighted by Crippen LogP contribution is 2.28. The summed E-state index contributed by atoms with van der Waals surface area (Å²) in [6.07, 6.45) is 3.17. The van der Waals surface area contributed by atoms with Crippen molar-refractivity contribution in [3.8, 4) is 17.1 Å². The van der Waals surface area contributed by atoms with Gasteiger partial charge in [0.25, 0.3) is 5.91 Å². The van der Waals surface area contributed by atoms with Crippen LogP contribution in [-0.2, 0) is 4.79 Å². The Morgan fingerprint density at radius 3 is 2.55 bits per heavy atom. The molecule has 0 saturated carbocycles. The van der Waals surface area contributed by atoms with Gasteiger partial charge in [-0.25, -0.2) is 5.43 Å². The van der Waals surface area contributed by atoms with Gasteiger partial charge in [-0.15, -0.1) is 10.2 Å². The summed E-state index contributed by atoms with van der Waals surface area (Å²) in [5.41, 5.74) is 6.25. The maximum atomic E-state index is 12.2. The van der Waals surface area contributed by atoms with E-state index in [0.717, 1.165) is 17.1 Å². The van der Waals surface area contributed by atoms with Crippen LogP contribution in [0.4, 0.5) is 0 Å². The number of amides is 1. The fourth-order valence-electron chi connectivity index (χ4n) is 2.85. The van der Waals surface area contributed by atoms with Crippen molar-refractivity contribution in [2.24, 2.45) is 5.10 Å². The lowest BCUT2D eigenvalue weighted by Gasteiger charge is -2.10. The minimum atomic E-state index is -0.239. The van der Waals surface area contributed by atoms with Gasteiger partial charge in [-0.2, -0.15) is 5.10 Å². The Bertz CT molecular complexity index is 1170. The lowest BCUT2D eigenvalue weighted by molar-refractivity contribution is -0.118. The smallest absolute Gasteiger partial charge is 0.250 e. The number of carbonyl (C=O) groups excluding carboxylic acids is 1. The monoisotopic (exact) mass is 428 g/mol. The van der Waals surface area contributed by atoms with Crippen molar-refractivity contribution in [2.75, 3.05) is 5.75 Å². The van der Waals surface area contributed by atoms with Gasteiger partial charge in [0, 0.05) is 17.4 Å². The number of pyridine rings is 1. The second-order valence-corrected chi connectivity index (χ2v) is 7.62. The molecule has 0 aliphatic carbocycles. The zero-order valence-corrected chi connectivity index (χ0v) is 17.7. The second kappa shape index (κ2) is 9.82. The van der Waals surface area contributed by atoms with Crippen LogP contribution in [-0.4, -0.2) is 37.6 Å². The van der Waals surface area contributed by atoms with Crippen molar-refractivity contribution < 1.29 is 4.79 Å². The first kappa shape index (κ1) is 20.5. The molecule has 0 fully saturated rings. The average Bonchev–Trinajstić information content (AvgIpc) is 3.23. The van der Waals surface area contributed by atoms with Gasteiger partial charge in [0.2, 0.25) is 0 Å². The zero-order chi connectivity index (χ0) is 21.5. The first-order valence-corrected chi connectivity index (χ1v) is 10.6. The number of para-hydroxylation sites is 1. The maximum Gasteiger partial charge on any atom is 0.250 e. The molecule has 4 aromatic rings. The van der Waals surface area contributed by atoms with Gasteiger partial charge >= 0.3 is 0 Å². The van der Waals surface area contributed by atoms with E-state index in [4.69, 9.17) is 0 Å². The highest BCUT2D eigenvalue weighted by Gasteiger charge is 2.17. The number of hydrogen-bond acceptors (Lipinski definition) is 6. The normalized spacial score (nSPS) is 11.0. The third kappa shape index (κ3) is 5.23. The summed E-state index contributed by atoms with van der Waals surface area (Å²) >= 11 is 1.30. The van der Waals surface area contributed by atoms with E-state index in [-0.39, 0.29) is 11.7 Å². The number of aromatic nitrogens is 4. The minimum absolute atomic E-state index is 0.151. The number of thioether (sulfide) groups is 1. The Hall–Kier alpha value is -3.78. The van der Waals surface area contributed by atoms with Crippen molar-refractivity contribution >= 4 is 23.9 Å². The van der Waals surface area contributed by atoms with Gasteiger partial charge in [-0.3, -0.25) is 14.3 Å². The van der Waals surface area contributed by atoms with Gasteiger partial charge in [0.15, 0.2) is 11.0 Å². The Kier molecular flexibility index (Phi) is 6.49. The number of nitrogens with one attached hydrogen (secondary N) is 1. The topological polar surface area (TPSA) is 85.1 Å². The summed E-state index contributed by atoms with van der Waals surface area (Å²) in [5.74, 6) is 0.636. The molecule has 31 heavy (non-hydrogen) atoms. The molecule has 1 amide bonds. The van der Waals surface area contributed by atoms with Crippen molar-refractivity contribution in [1.82, 2.24) is 25.2 Å². The van der Waals surface area contributed by atoms with Gasteiger partial charge in [0.1, 0.15) is 0 Å². The minimum Gasteiger partial charge on any atom is -0.272 e. The van der Waals surface area contributed by atoms with E-state index in [9.17, 15) is 4.79 Å². The summed E-state index contributed by atoms with van der Waals surface area (Å²) in [7, 11) is 0. The molecule has 0 radical (unpaired) electrons. The molecular weight excluding hydrogens is 408 g/mol. The molecule has 2 heterocycles. The van der Waals surface area contributed by atoms with Crippen LogP contribution in [0.1, 0.15) is 11.3 Å². The lowest BCUT2D eigenvalue weighted by Crippen LogP contribution is -2.20. The Morgan fingerprint density at radius 2 is 1.81 bits per heavy atom. The van der Waals surface area contributed by atoms with Crippen LogP contribution in [0, 0.1) is 6.92 Å². The van der Waals surface area contributed by atoms with Crippen LogP contribution in [0.15, 0.2) is 89.3 Å². The van der Waals surface area contributed by atoms with Crippen LogP contribution in [0.5, 0.6) is 0 Å². The first-order chi connectivity index (χ1) is 15.2. The third-order valence-electron chi connectivity index (χ3n) is 4.36. The molecule has 0 bridgehead atoms. The largest absolute Gasteiger partial charge is 0.272 e. The number of rotatable bonds is 7. The van der Waals surface area contributed by atoms with E-state index >= 15 is 0 Å². The number of carbonyl (C=O) groups is 1. The van der Waals surface area contributed by atoms with Crippen molar-refractivity contribution in [3.63, 3.8) is 0 Å². The van der Waals surface area contributed by atoms with Crippen LogP contribution in [0.2, 0.25) is 0 Å². The van der Waals surface area contributed by atoms with Gasteiger partial charge in [-0.05, 0) is 31.2 Å². The molecule has 0 saturated heterocycles. The molecule has 154 valence electrons. The Labute approximate surface area is 184 Å². The number of hydrogen-bond donors (Lipinski definition) is 1. The molecular formula is C23H20N6OS. The van der Waals surface area contributed by atoms with Crippen molar-refractivity contribution in [3.05, 3.63) is 90.3 Å².